The van der Waals surface area contributed by atoms with Gasteiger partial charge in [0.15, 0.2) is 0 Å². The van der Waals surface area contributed by atoms with Crippen LogP contribution in [0.25, 0.3) is 0 Å². The van der Waals surface area contributed by atoms with E-state index in [9.17, 15) is 9.90 Å². The van der Waals surface area contributed by atoms with Gasteiger partial charge in [0.05, 0.1) is 6.04 Å². The molecule has 126 valence electrons. The lowest BCUT2D eigenvalue weighted by Crippen LogP contribution is -2.37. The van der Waals surface area contributed by atoms with E-state index in [0.717, 1.165) is 11.5 Å². The summed E-state index contributed by atoms with van der Waals surface area (Å²) < 4.78 is 5.44. The Hall–Kier alpha value is -1.56. The molecule has 0 unspecified atom stereocenters. The number of aliphatic hydroxyl groups excluding tert-OH is 1. The minimum absolute atomic E-state index is 0.0650. The zero-order valence-corrected chi connectivity index (χ0v) is 14.5. The molecule has 0 saturated carbocycles. The minimum Gasteiger partial charge on any atom is -0.444 e. The summed E-state index contributed by atoms with van der Waals surface area (Å²) in [4.78, 5) is 21.4. The van der Waals surface area contributed by atoms with Crippen molar-refractivity contribution in [1.82, 2.24) is 14.9 Å². The van der Waals surface area contributed by atoms with Crippen LogP contribution >= 0.6 is 0 Å². The summed E-state index contributed by atoms with van der Waals surface area (Å²) in [5, 5.41) is 9.36. The van der Waals surface area contributed by atoms with Gasteiger partial charge in [0.2, 0.25) is 0 Å². The lowest BCUT2D eigenvalue weighted by atomic mass is 10.1. The Kier molecular flexibility index (Phi) is 6.41. The molecule has 0 bridgehead atoms. The molecule has 2 heterocycles. The average molecular weight is 311 g/mol. The van der Waals surface area contributed by atoms with Crippen molar-refractivity contribution in [3.63, 3.8) is 0 Å². The summed E-state index contributed by atoms with van der Waals surface area (Å²) in [6.07, 6.45) is 2.09. The molecule has 2 N–H and O–H groups in total. The molecule has 1 amide bonds. The molecule has 6 heteroatoms. The van der Waals surface area contributed by atoms with Gasteiger partial charge in [0.25, 0.3) is 0 Å². The van der Waals surface area contributed by atoms with E-state index in [0.29, 0.717) is 13.0 Å². The maximum absolute atomic E-state index is 12.3. The second-order valence-electron chi connectivity index (χ2n) is 6.38. The van der Waals surface area contributed by atoms with E-state index in [2.05, 4.69) is 9.97 Å². The van der Waals surface area contributed by atoms with Crippen LogP contribution in [0.1, 0.15) is 58.6 Å². The first-order chi connectivity index (χ1) is 10.3. The van der Waals surface area contributed by atoms with Crippen molar-refractivity contribution >= 4 is 6.09 Å². The Bertz CT molecular complexity index is 479. The van der Waals surface area contributed by atoms with Crippen LogP contribution in [-0.2, 0) is 4.74 Å². The minimum atomic E-state index is -0.530. The average Bonchev–Trinajstić information content (AvgIpc) is 3.04. The smallest absolute Gasteiger partial charge is 0.410 e. The molecule has 1 saturated heterocycles. The summed E-state index contributed by atoms with van der Waals surface area (Å²) >= 11 is 0. The van der Waals surface area contributed by atoms with Crippen molar-refractivity contribution < 1.29 is 14.6 Å². The zero-order valence-electron chi connectivity index (χ0n) is 14.5. The molecule has 0 radical (unpaired) electrons. The fraction of sp³-hybridized carbons (Fsp3) is 0.750. The van der Waals surface area contributed by atoms with Gasteiger partial charge in [0, 0.05) is 31.0 Å². The number of nitrogens with zero attached hydrogens (tertiary/aromatic N) is 2. The molecule has 1 aromatic rings. The number of rotatable bonds is 2. The quantitative estimate of drug-likeness (QED) is 0.880. The van der Waals surface area contributed by atoms with E-state index < -0.39 is 5.60 Å². The zero-order chi connectivity index (χ0) is 16.9. The van der Waals surface area contributed by atoms with E-state index >= 15 is 0 Å². The first kappa shape index (κ1) is 18.5. The summed E-state index contributed by atoms with van der Waals surface area (Å²) in [6.45, 7) is 12.0. The van der Waals surface area contributed by atoms with E-state index in [1.165, 1.54) is 0 Å². The fourth-order valence-electron chi connectivity index (χ4n) is 2.44. The molecule has 0 spiro atoms. The van der Waals surface area contributed by atoms with Gasteiger partial charge in [-0.15, -0.1) is 0 Å². The van der Waals surface area contributed by atoms with Crippen molar-refractivity contribution in [1.29, 1.82) is 0 Å². The number of carbonyl (C=O) groups is 1. The maximum atomic E-state index is 12.3. The van der Waals surface area contributed by atoms with Gasteiger partial charge in [0.1, 0.15) is 11.4 Å². The number of aryl methyl sites for hydroxylation is 1. The molecule has 1 aliphatic rings. The number of carbonyl (C=O) groups excluding carboxylic acids is 1. The van der Waals surface area contributed by atoms with Gasteiger partial charge in [-0.2, -0.15) is 0 Å². The molecule has 1 aromatic heterocycles. The Balaban J connectivity index is 0.00000116. The largest absolute Gasteiger partial charge is 0.444 e. The molecular formula is C16H29N3O3. The second kappa shape index (κ2) is 7.63. The van der Waals surface area contributed by atoms with Crippen LogP contribution in [0.4, 0.5) is 4.79 Å². The van der Waals surface area contributed by atoms with Gasteiger partial charge in [-0.05, 0) is 34.1 Å². The van der Waals surface area contributed by atoms with Crippen LogP contribution in [0.3, 0.4) is 0 Å². The number of nitrogens with one attached hydrogen (secondary N) is 1. The Morgan fingerprint density at radius 3 is 2.59 bits per heavy atom. The Morgan fingerprint density at radius 2 is 2.14 bits per heavy atom. The first-order valence-electron chi connectivity index (χ1n) is 7.92. The first-order valence-corrected chi connectivity index (χ1v) is 7.92. The van der Waals surface area contributed by atoms with Crippen LogP contribution < -0.4 is 0 Å². The van der Waals surface area contributed by atoms with Crippen LogP contribution in [0.2, 0.25) is 0 Å². The van der Waals surface area contributed by atoms with Gasteiger partial charge in [-0.3, -0.25) is 4.90 Å². The SMILES string of the molecule is CC.Cc1cnc([C@@H]2C[C@H](CO)CN2C(=O)OC(C)(C)C)[nH]1. The highest BCUT2D eigenvalue weighted by atomic mass is 16.6. The number of H-pyrrole nitrogens is 1. The number of hydrogen-bond acceptors (Lipinski definition) is 4. The van der Waals surface area contributed by atoms with Gasteiger partial charge in [-0.25, -0.2) is 9.78 Å². The fourth-order valence-corrected chi connectivity index (χ4v) is 2.44. The van der Waals surface area contributed by atoms with E-state index in [-0.39, 0.29) is 24.7 Å². The molecular weight excluding hydrogens is 282 g/mol. The second-order valence-corrected chi connectivity index (χ2v) is 6.38. The highest BCUT2D eigenvalue weighted by Gasteiger charge is 2.39. The predicted octanol–water partition coefficient (Wildman–Crippen LogP) is 3.03. The van der Waals surface area contributed by atoms with Crippen LogP contribution in [0.15, 0.2) is 6.20 Å². The molecule has 0 aliphatic carbocycles. The number of imidazole rings is 1. The highest BCUT2D eigenvalue weighted by molar-refractivity contribution is 5.69. The molecule has 6 nitrogen and oxygen atoms in total. The van der Waals surface area contributed by atoms with E-state index in [1.54, 1.807) is 11.1 Å². The third-order valence-electron chi connectivity index (χ3n) is 3.31. The van der Waals surface area contributed by atoms with Crippen molar-refractivity contribution in [2.24, 2.45) is 5.92 Å². The molecule has 1 aliphatic heterocycles. The molecule has 22 heavy (non-hydrogen) atoms. The number of likely N-dealkylation sites (tertiary alicyclic amines) is 1. The summed E-state index contributed by atoms with van der Waals surface area (Å²) in [6, 6.07) is -0.157. The molecule has 0 aromatic carbocycles. The van der Waals surface area contributed by atoms with Gasteiger partial charge in [-0.1, -0.05) is 13.8 Å². The van der Waals surface area contributed by atoms with Crippen molar-refractivity contribution in [2.45, 2.75) is 59.6 Å². The number of aromatic nitrogens is 2. The van der Waals surface area contributed by atoms with Crippen LogP contribution in [0, 0.1) is 12.8 Å². The molecule has 1 fully saturated rings. The lowest BCUT2D eigenvalue weighted by Gasteiger charge is -2.27. The number of hydrogen-bond donors (Lipinski definition) is 2. The van der Waals surface area contributed by atoms with Crippen molar-refractivity contribution in [2.75, 3.05) is 13.2 Å². The van der Waals surface area contributed by atoms with Crippen molar-refractivity contribution in [3.05, 3.63) is 17.7 Å². The van der Waals surface area contributed by atoms with Gasteiger partial charge >= 0.3 is 6.09 Å². The van der Waals surface area contributed by atoms with E-state index in [4.69, 9.17) is 4.74 Å². The normalized spacial score (nSPS) is 21.3. The number of ether oxygens (including phenoxy) is 1. The monoisotopic (exact) mass is 311 g/mol. The molecule has 2 atom stereocenters. The van der Waals surface area contributed by atoms with Crippen LogP contribution in [-0.4, -0.2) is 44.8 Å². The lowest BCUT2D eigenvalue weighted by molar-refractivity contribution is 0.0211. The predicted molar refractivity (Wildman–Crippen MR) is 85.5 cm³/mol. The third-order valence-corrected chi connectivity index (χ3v) is 3.31. The Morgan fingerprint density at radius 1 is 1.50 bits per heavy atom. The summed E-state index contributed by atoms with van der Waals surface area (Å²) in [5.41, 5.74) is 0.425. The summed E-state index contributed by atoms with van der Waals surface area (Å²) in [7, 11) is 0. The standard InChI is InChI=1S/C14H23N3O3.C2H6/c1-9-6-15-12(16-9)11-5-10(8-18)7-17(11)13(19)20-14(2,3)4;1-2/h6,10-11,18H,5,7-8H2,1-4H3,(H,15,16);1-2H3/t10-,11-;/m0./s1. The van der Waals surface area contributed by atoms with Crippen molar-refractivity contribution in [3.8, 4) is 0 Å². The third kappa shape index (κ3) is 4.73. The summed E-state index contributed by atoms with van der Waals surface area (Å²) in [5.74, 6) is 0.822. The van der Waals surface area contributed by atoms with Gasteiger partial charge < -0.3 is 14.8 Å². The van der Waals surface area contributed by atoms with E-state index in [1.807, 2.05) is 41.5 Å². The topological polar surface area (TPSA) is 78.5 Å². The highest BCUT2D eigenvalue weighted by Crippen LogP contribution is 2.34. The van der Waals surface area contributed by atoms with Crippen LogP contribution in [0.5, 0.6) is 0 Å². The number of aliphatic hydroxyl groups is 1. The maximum Gasteiger partial charge on any atom is 0.410 e. The number of amides is 1. The number of aromatic amines is 1. The Labute approximate surface area is 132 Å². The molecule has 2 rings (SSSR count).